The zero-order valence-corrected chi connectivity index (χ0v) is 12.8. The summed E-state index contributed by atoms with van der Waals surface area (Å²) in [7, 11) is -1.86. The fourth-order valence-corrected chi connectivity index (χ4v) is 2.31. The van der Waals surface area contributed by atoms with E-state index in [1.54, 1.807) is 12.1 Å². The zero-order valence-electron chi connectivity index (χ0n) is 11.0. The lowest BCUT2D eigenvalue weighted by Gasteiger charge is -2.36. The van der Waals surface area contributed by atoms with Gasteiger partial charge in [0.1, 0.15) is 5.75 Å². The summed E-state index contributed by atoms with van der Waals surface area (Å²) in [6.45, 7) is 10.9. The minimum atomic E-state index is -1.86. The van der Waals surface area contributed by atoms with Gasteiger partial charge in [0.15, 0.2) is 6.29 Å². The van der Waals surface area contributed by atoms with Gasteiger partial charge in [-0.3, -0.25) is 4.79 Å². The topological polar surface area (TPSA) is 26.3 Å². The van der Waals surface area contributed by atoms with E-state index in [4.69, 9.17) is 16.0 Å². The number of carbonyl (C=O) groups excluding carboxylic acids is 1. The first-order valence-corrected chi connectivity index (χ1v) is 8.90. The second-order valence-corrected chi connectivity index (χ2v) is 10.8. The van der Waals surface area contributed by atoms with Crippen molar-refractivity contribution in [1.29, 1.82) is 0 Å². The molecule has 0 aliphatic carbocycles. The second kappa shape index (κ2) is 4.82. The molecule has 0 fully saturated rings. The van der Waals surface area contributed by atoms with Gasteiger partial charge < -0.3 is 4.43 Å². The van der Waals surface area contributed by atoms with Crippen LogP contribution in [0.1, 0.15) is 31.1 Å². The molecule has 94 valence electrons. The van der Waals surface area contributed by atoms with Crippen LogP contribution in [0.3, 0.4) is 0 Å². The van der Waals surface area contributed by atoms with Crippen molar-refractivity contribution in [2.75, 3.05) is 0 Å². The normalized spacial score (nSPS) is 12.4. The molecule has 1 aromatic rings. The third kappa shape index (κ3) is 3.33. The van der Waals surface area contributed by atoms with Crippen LogP contribution in [0.4, 0.5) is 0 Å². The molecule has 0 amide bonds. The molecule has 17 heavy (non-hydrogen) atoms. The number of rotatable bonds is 3. The molecule has 0 radical (unpaired) electrons. The Bertz CT molecular complexity index is 422. The summed E-state index contributed by atoms with van der Waals surface area (Å²) < 4.78 is 6.09. The van der Waals surface area contributed by atoms with Crippen LogP contribution in [0.15, 0.2) is 18.2 Å². The predicted octanol–water partition coefficient (Wildman–Crippen LogP) is 4.54. The van der Waals surface area contributed by atoms with E-state index in [9.17, 15) is 4.79 Å². The minimum absolute atomic E-state index is 0.133. The molecular formula is C13H19ClO2Si. The second-order valence-electron chi connectivity index (χ2n) is 5.66. The van der Waals surface area contributed by atoms with Crippen molar-refractivity contribution in [2.45, 2.75) is 38.9 Å². The van der Waals surface area contributed by atoms with Gasteiger partial charge in [-0.25, -0.2) is 0 Å². The Balaban J connectivity index is 3.00. The summed E-state index contributed by atoms with van der Waals surface area (Å²) in [4.78, 5) is 10.8. The largest absolute Gasteiger partial charge is 0.543 e. The number of aldehydes is 1. The van der Waals surface area contributed by atoms with Gasteiger partial charge >= 0.3 is 0 Å². The van der Waals surface area contributed by atoms with E-state index < -0.39 is 8.32 Å². The molecule has 1 aromatic carbocycles. The molecule has 0 heterocycles. The van der Waals surface area contributed by atoms with Gasteiger partial charge in [-0.1, -0.05) is 32.4 Å². The van der Waals surface area contributed by atoms with Gasteiger partial charge in [-0.05, 0) is 36.3 Å². The van der Waals surface area contributed by atoms with Crippen molar-refractivity contribution in [2.24, 2.45) is 0 Å². The van der Waals surface area contributed by atoms with Crippen molar-refractivity contribution >= 4 is 26.2 Å². The highest BCUT2D eigenvalue weighted by molar-refractivity contribution is 6.74. The number of hydrogen-bond donors (Lipinski definition) is 0. The van der Waals surface area contributed by atoms with Gasteiger partial charge in [-0.2, -0.15) is 0 Å². The van der Waals surface area contributed by atoms with Gasteiger partial charge in [0.05, 0.1) is 5.02 Å². The molecule has 4 heteroatoms. The van der Waals surface area contributed by atoms with Crippen LogP contribution in [0.5, 0.6) is 5.75 Å². The molecule has 0 aromatic heterocycles. The lowest BCUT2D eigenvalue weighted by Crippen LogP contribution is -2.43. The highest BCUT2D eigenvalue weighted by Gasteiger charge is 2.38. The molecule has 0 spiro atoms. The Labute approximate surface area is 109 Å². The van der Waals surface area contributed by atoms with E-state index in [0.717, 1.165) is 12.0 Å². The van der Waals surface area contributed by atoms with Gasteiger partial charge in [0.25, 0.3) is 0 Å². The van der Waals surface area contributed by atoms with Gasteiger partial charge in [0.2, 0.25) is 8.32 Å². The maximum absolute atomic E-state index is 10.8. The maximum atomic E-state index is 10.8. The number of carbonyl (C=O) groups is 1. The monoisotopic (exact) mass is 270 g/mol. The highest BCUT2D eigenvalue weighted by Crippen LogP contribution is 2.37. The Kier molecular flexibility index (Phi) is 4.05. The fraction of sp³-hybridized carbons (Fsp3) is 0.462. The van der Waals surface area contributed by atoms with Crippen LogP contribution in [-0.4, -0.2) is 14.6 Å². The molecule has 0 saturated carbocycles. The summed E-state index contributed by atoms with van der Waals surface area (Å²) in [5.74, 6) is 0.725. The standard InChI is InChI=1S/C13H19ClO2Si/c1-13(2,3)17(4,5)16-11-6-7-12(14)10(8-11)9-15/h6-9H,1-5H3. The first kappa shape index (κ1) is 14.3. The Morgan fingerprint density at radius 3 is 2.35 bits per heavy atom. The van der Waals surface area contributed by atoms with Crippen molar-refractivity contribution in [3.8, 4) is 5.75 Å². The third-order valence-electron chi connectivity index (χ3n) is 3.27. The van der Waals surface area contributed by atoms with Crippen molar-refractivity contribution in [3.05, 3.63) is 28.8 Å². The molecule has 1 rings (SSSR count). The summed E-state index contributed by atoms with van der Waals surface area (Å²) in [6, 6.07) is 5.22. The number of hydrogen-bond acceptors (Lipinski definition) is 2. The maximum Gasteiger partial charge on any atom is 0.250 e. The smallest absolute Gasteiger partial charge is 0.250 e. The zero-order chi connectivity index (χ0) is 13.3. The fourth-order valence-electron chi connectivity index (χ4n) is 1.12. The Morgan fingerprint density at radius 2 is 1.88 bits per heavy atom. The quantitative estimate of drug-likeness (QED) is 0.596. The first-order chi connectivity index (χ1) is 7.67. The lowest BCUT2D eigenvalue weighted by molar-refractivity contribution is 0.112. The van der Waals surface area contributed by atoms with Crippen LogP contribution in [-0.2, 0) is 0 Å². The summed E-state index contributed by atoms with van der Waals surface area (Å²) in [5.41, 5.74) is 0.475. The van der Waals surface area contributed by atoms with Gasteiger partial charge in [0, 0.05) is 5.56 Å². The summed E-state index contributed by atoms with van der Waals surface area (Å²) in [6.07, 6.45) is 0.751. The van der Waals surface area contributed by atoms with Crippen LogP contribution >= 0.6 is 11.6 Å². The predicted molar refractivity (Wildman–Crippen MR) is 74.7 cm³/mol. The lowest BCUT2D eigenvalue weighted by atomic mass is 10.2. The van der Waals surface area contributed by atoms with E-state index in [1.165, 1.54) is 0 Å². The van der Waals surface area contributed by atoms with Crippen molar-refractivity contribution in [1.82, 2.24) is 0 Å². The first-order valence-electron chi connectivity index (χ1n) is 5.61. The number of benzene rings is 1. The SMILES string of the molecule is CC(C)(C)[Si](C)(C)Oc1ccc(Cl)c(C=O)c1. The van der Waals surface area contributed by atoms with E-state index in [2.05, 4.69) is 33.9 Å². The van der Waals surface area contributed by atoms with Crippen LogP contribution in [0, 0.1) is 0 Å². The molecule has 0 saturated heterocycles. The molecular weight excluding hydrogens is 252 g/mol. The van der Waals surface area contributed by atoms with Gasteiger partial charge in [-0.15, -0.1) is 0 Å². The van der Waals surface area contributed by atoms with E-state index in [-0.39, 0.29) is 5.04 Å². The van der Waals surface area contributed by atoms with Crippen molar-refractivity contribution < 1.29 is 9.22 Å². The molecule has 0 unspecified atom stereocenters. The van der Waals surface area contributed by atoms with Crippen LogP contribution < -0.4 is 4.43 Å². The highest BCUT2D eigenvalue weighted by atomic mass is 35.5. The summed E-state index contributed by atoms with van der Waals surface area (Å²) in [5, 5.41) is 0.594. The Morgan fingerprint density at radius 1 is 1.29 bits per heavy atom. The minimum Gasteiger partial charge on any atom is -0.543 e. The van der Waals surface area contributed by atoms with Crippen LogP contribution in [0.2, 0.25) is 23.2 Å². The number of halogens is 1. The third-order valence-corrected chi connectivity index (χ3v) is 7.98. The molecule has 0 aliphatic rings. The average Bonchev–Trinajstić information content (AvgIpc) is 2.19. The average molecular weight is 271 g/mol. The van der Waals surface area contributed by atoms with E-state index in [1.807, 2.05) is 6.07 Å². The molecule has 2 nitrogen and oxygen atoms in total. The Hall–Kier alpha value is -0.803. The molecule has 0 atom stereocenters. The van der Waals surface area contributed by atoms with Crippen molar-refractivity contribution in [3.63, 3.8) is 0 Å². The molecule has 0 bridgehead atoms. The molecule has 0 N–H and O–H groups in total. The van der Waals surface area contributed by atoms with Crippen LogP contribution in [0.25, 0.3) is 0 Å². The van der Waals surface area contributed by atoms with E-state index in [0.29, 0.717) is 10.6 Å². The van der Waals surface area contributed by atoms with E-state index >= 15 is 0 Å². The summed E-state index contributed by atoms with van der Waals surface area (Å²) >= 11 is 5.88. The molecule has 0 aliphatic heterocycles.